The summed E-state index contributed by atoms with van der Waals surface area (Å²) in [6.07, 6.45) is -4.47. The molecule has 0 N–H and O–H groups in total. The van der Waals surface area contributed by atoms with Crippen LogP contribution in [0.5, 0.6) is 0 Å². The van der Waals surface area contributed by atoms with Crippen molar-refractivity contribution in [1.82, 2.24) is 4.90 Å². The summed E-state index contributed by atoms with van der Waals surface area (Å²) >= 11 is 0. The number of morpholine rings is 1. The molecule has 122 valence electrons. The Labute approximate surface area is 126 Å². The van der Waals surface area contributed by atoms with Crippen LogP contribution in [0.4, 0.5) is 13.2 Å². The largest absolute Gasteiger partial charge is 0.416 e. The first-order valence-electron chi connectivity index (χ1n) is 6.97. The summed E-state index contributed by atoms with van der Waals surface area (Å²) in [6, 6.07) is 4.86. The maximum absolute atomic E-state index is 12.6. The van der Waals surface area contributed by atoms with Crippen molar-refractivity contribution in [2.75, 3.05) is 33.4 Å². The molecule has 2 rings (SSSR count). The zero-order valence-corrected chi connectivity index (χ0v) is 12.2. The average molecular weight is 317 g/mol. The standard InChI is InChI=1S/C15H18F3NO3/c1-21-8-6-14(20)19-7-9-22-13(10-19)11-2-4-12(5-3-11)15(16,17)18/h2-5,13H,6-10H2,1H3/t13-/m0/s1. The molecule has 7 heteroatoms. The lowest BCUT2D eigenvalue weighted by Gasteiger charge is -2.33. The number of methoxy groups -OCH3 is 1. The molecule has 1 heterocycles. The number of alkyl halides is 3. The molecule has 4 nitrogen and oxygen atoms in total. The number of ether oxygens (including phenoxy) is 2. The van der Waals surface area contributed by atoms with Crippen LogP contribution >= 0.6 is 0 Å². The molecular weight excluding hydrogens is 299 g/mol. The number of hydrogen-bond donors (Lipinski definition) is 0. The van der Waals surface area contributed by atoms with E-state index in [9.17, 15) is 18.0 Å². The van der Waals surface area contributed by atoms with E-state index in [0.29, 0.717) is 31.9 Å². The van der Waals surface area contributed by atoms with Crippen LogP contribution in [0.3, 0.4) is 0 Å². The molecule has 0 aliphatic carbocycles. The van der Waals surface area contributed by atoms with Crippen LogP contribution in [-0.2, 0) is 20.4 Å². The van der Waals surface area contributed by atoms with Gasteiger partial charge < -0.3 is 14.4 Å². The quantitative estimate of drug-likeness (QED) is 0.857. The minimum absolute atomic E-state index is 0.0398. The van der Waals surface area contributed by atoms with Gasteiger partial charge in [0.1, 0.15) is 6.10 Å². The minimum atomic E-state index is -4.35. The van der Waals surface area contributed by atoms with Crippen molar-refractivity contribution < 1.29 is 27.4 Å². The highest BCUT2D eigenvalue weighted by Gasteiger charge is 2.31. The van der Waals surface area contributed by atoms with Gasteiger partial charge in [-0.25, -0.2) is 0 Å². The predicted octanol–water partition coefficient (Wildman–Crippen LogP) is 2.64. The van der Waals surface area contributed by atoms with E-state index in [1.165, 1.54) is 19.2 Å². The maximum atomic E-state index is 12.6. The van der Waals surface area contributed by atoms with E-state index in [-0.39, 0.29) is 12.3 Å². The Hall–Kier alpha value is -1.60. The van der Waals surface area contributed by atoms with Crippen LogP contribution in [0.1, 0.15) is 23.7 Å². The molecule has 1 amide bonds. The molecule has 0 unspecified atom stereocenters. The van der Waals surface area contributed by atoms with Gasteiger partial charge in [0.2, 0.25) is 5.91 Å². The van der Waals surface area contributed by atoms with Crippen molar-refractivity contribution in [2.24, 2.45) is 0 Å². The van der Waals surface area contributed by atoms with Crippen molar-refractivity contribution in [1.29, 1.82) is 0 Å². The SMILES string of the molecule is COCCC(=O)N1CCO[C@H](c2ccc(C(F)(F)F)cc2)C1. The van der Waals surface area contributed by atoms with Gasteiger partial charge in [0, 0.05) is 13.7 Å². The second-order valence-electron chi connectivity index (χ2n) is 5.06. The number of nitrogens with zero attached hydrogens (tertiary/aromatic N) is 1. The maximum Gasteiger partial charge on any atom is 0.416 e. The molecule has 1 saturated heterocycles. The van der Waals surface area contributed by atoms with Crippen molar-refractivity contribution in [3.05, 3.63) is 35.4 Å². The van der Waals surface area contributed by atoms with Crippen molar-refractivity contribution in [3.8, 4) is 0 Å². The lowest BCUT2D eigenvalue weighted by atomic mass is 10.0. The first-order chi connectivity index (χ1) is 10.4. The Morgan fingerprint density at radius 3 is 2.64 bits per heavy atom. The summed E-state index contributed by atoms with van der Waals surface area (Å²) in [5.74, 6) is -0.0398. The Morgan fingerprint density at radius 1 is 1.36 bits per heavy atom. The fourth-order valence-corrected chi connectivity index (χ4v) is 2.31. The number of halogens is 3. The lowest BCUT2D eigenvalue weighted by molar-refractivity contribution is -0.139. The molecule has 1 aliphatic rings. The second kappa shape index (κ2) is 7.11. The van der Waals surface area contributed by atoms with Gasteiger partial charge in [-0.1, -0.05) is 12.1 Å². The van der Waals surface area contributed by atoms with E-state index in [2.05, 4.69) is 0 Å². The molecule has 1 atom stereocenters. The van der Waals surface area contributed by atoms with Crippen LogP contribution in [0.25, 0.3) is 0 Å². The highest BCUT2D eigenvalue weighted by atomic mass is 19.4. The monoisotopic (exact) mass is 317 g/mol. The molecule has 0 spiro atoms. The van der Waals surface area contributed by atoms with E-state index in [1.54, 1.807) is 4.90 Å². The van der Waals surface area contributed by atoms with Gasteiger partial charge in [-0.3, -0.25) is 4.79 Å². The number of amides is 1. The van der Waals surface area contributed by atoms with Gasteiger partial charge in [-0.05, 0) is 17.7 Å². The summed E-state index contributed by atoms with van der Waals surface area (Å²) < 4.78 is 48.1. The first-order valence-corrected chi connectivity index (χ1v) is 6.97. The Kier molecular flexibility index (Phi) is 5.42. The molecule has 0 saturated carbocycles. The zero-order valence-electron chi connectivity index (χ0n) is 12.2. The summed E-state index contributed by atoms with van der Waals surface area (Å²) in [7, 11) is 1.53. The van der Waals surface area contributed by atoms with Gasteiger partial charge in [0.25, 0.3) is 0 Å². The molecule has 22 heavy (non-hydrogen) atoms. The number of carbonyl (C=O) groups is 1. The van der Waals surface area contributed by atoms with Crippen molar-refractivity contribution in [3.63, 3.8) is 0 Å². The van der Waals surface area contributed by atoms with Crippen LogP contribution in [0.15, 0.2) is 24.3 Å². The van der Waals surface area contributed by atoms with E-state index in [0.717, 1.165) is 12.1 Å². The van der Waals surface area contributed by atoms with Crippen LogP contribution in [0, 0.1) is 0 Å². The summed E-state index contributed by atoms with van der Waals surface area (Å²) in [4.78, 5) is 13.6. The second-order valence-corrected chi connectivity index (χ2v) is 5.06. The smallest absolute Gasteiger partial charge is 0.384 e. The predicted molar refractivity (Wildman–Crippen MR) is 73.2 cm³/mol. The highest BCUT2D eigenvalue weighted by Crippen LogP contribution is 2.31. The summed E-state index contributed by atoms with van der Waals surface area (Å²) in [6.45, 7) is 1.54. The third-order valence-corrected chi connectivity index (χ3v) is 3.55. The molecule has 0 aromatic heterocycles. The van der Waals surface area contributed by atoms with E-state index in [4.69, 9.17) is 9.47 Å². The van der Waals surface area contributed by atoms with E-state index < -0.39 is 17.8 Å². The number of rotatable bonds is 4. The number of carbonyl (C=O) groups excluding carboxylic acids is 1. The molecule has 0 bridgehead atoms. The third kappa shape index (κ3) is 4.20. The van der Waals surface area contributed by atoms with Crippen LogP contribution < -0.4 is 0 Å². The normalized spacial score (nSPS) is 19.3. The van der Waals surface area contributed by atoms with Gasteiger partial charge in [-0.15, -0.1) is 0 Å². The number of hydrogen-bond acceptors (Lipinski definition) is 3. The summed E-state index contributed by atoms with van der Waals surface area (Å²) in [5.41, 5.74) is -0.0580. The third-order valence-electron chi connectivity index (χ3n) is 3.55. The van der Waals surface area contributed by atoms with Crippen molar-refractivity contribution in [2.45, 2.75) is 18.7 Å². The minimum Gasteiger partial charge on any atom is -0.384 e. The average Bonchev–Trinajstić information content (AvgIpc) is 2.52. The topological polar surface area (TPSA) is 38.8 Å². The van der Waals surface area contributed by atoms with Gasteiger partial charge in [-0.2, -0.15) is 13.2 Å². The summed E-state index contributed by atoms with van der Waals surface area (Å²) in [5, 5.41) is 0. The van der Waals surface area contributed by atoms with Crippen LogP contribution in [-0.4, -0.2) is 44.2 Å². The van der Waals surface area contributed by atoms with E-state index in [1.807, 2.05) is 0 Å². The molecule has 1 aliphatic heterocycles. The molecule has 1 aromatic carbocycles. The fourth-order valence-electron chi connectivity index (χ4n) is 2.31. The van der Waals surface area contributed by atoms with Gasteiger partial charge in [0.05, 0.1) is 31.7 Å². The zero-order chi connectivity index (χ0) is 16.2. The molecular formula is C15H18F3NO3. The van der Waals surface area contributed by atoms with Gasteiger partial charge in [0.15, 0.2) is 0 Å². The van der Waals surface area contributed by atoms with Crippen molar-refractivity contribution >= 4 is 5.91 Å². The Bertz CT molecular complexity index is 502. The highest BCUT2D eigenvalue weighted by molar-refractivity contribution is 5.76. The molecule has 1 fully saturated rings. The Morgan fingerprint density at radius 2 is 2.05 bits per heavy atom. The van der Waals surface area contributed by atoms with Crippen LogP contribution in [0.2, 0.25) is 0 Å². The first kappa shape index (κ1) is 16.8. The van der Waals surface area contributed by atoms with E-state index >= 15 is 0 Å². The number of benzene rings is 1. The molecule has 0 radical (unpaired) electrons. The fraction of sp³-hybridized carbons (Fsp3) is 0.533. The van der Waals surface area contributed by atoms with Gasteiger partial charge >= 0.3 is 6.18 Å². The Balaban J connectivity index is 2.01. The molecule has 1 aromatic rings. The lowest BCUT2D eigenvalue weighted by Crippen LogP contribution is -2.42.